The number of ether oxygens (including phenoxy) is 1. The molecule has 1 aliphatic rings. The van der Waals surface area contributed by atoms with Crippen molar-refractivity contribution in [1.82, 2.24) is 19.6 Å². The van der Waals surface area contributed by atoms with Crippen LogP contribution in [0.25, 0.3) is 11.5 Å². The lowest BCUT2D eigenvalue weighted by Gasteiger charge is -2.34. The summed E-state index contributed by atoms with van der Waals surface area (Å²) in [5.41, 5.74) is 0.845. The molecule has 0 spiro atoms. The number of carbonyl (C=O) groups is 1. The van der Waals surface area contributed by atoms with Gasteiger partial charge < -0.3 is 23.8 Å². The second-order valence-corrected chi connectivity index (χ2v) is 6.78. The zero-order valence-electron chi connectivity index (χ0n) is 15.8. The molecule has 1 fully saturated rings. The summed E-state index contributed by atoms with van der Waals surface area (Å²) in [6, 6.07) is 11.4. The van der Waals surface area contributed by atoms with Crippen LogP contribution in [0.1, 0.15) is 17.6 Å². The number of rotatable bonds is 4. The summed E-state index contributed by atoms with van der Waals surface area (Å²) < 4.78 is 12.2. The molecule has 0 bridgehead atoms. The highest BCUT2D eigenvalue weighted by atomic mass is 16.5. The molecule has 29 heavy (non-hydrogen) atoms. The zero-order valence-corrected chi connectivity index (χ0v) is 15.8. The molecule has 9 heteroatoms. The number of aromatic hydroxyl groups is 1. The molecule has 1 aromatic carbocycles. The Hall–Kier alpha value is -3.46. The van der Waals surface area contributed by atoms with E-state index >= 15 is 0 Å². The fourth-order valence-corrected chi connectivity index (χ4v) is 3.32. The highest BCUT2D eigenvalue weighted by molar-refractivity contribution is 5.76. The minimum absolute atomic E-state index is 0.124. The summed E-state index contributed by atoms with van der Waals surface area (Å²) >= 11 is 0. The van der Waals surface area contributed by atoms with Crippen LogP contribution in [-0.2, 0) is 16.1 Å². The van der Waals surface area contributed by atoms with Crippen LogP contribution in [-0.4, -0.2) is 50.4 Å². The number of aryl methyl sites for hydroxylation is 1. The number of benzene rings is 1. The van der Waals surface area contributed by atoms with Crippen LogP contribution < -0.4 is 5.56 Å². The first kappa shape index (κ1) is 18.9. The minimum Gasteiger partial charge on any atom is -0.508 e. The van der Waals surface area contributed by atoms with E-state index in [-0.39, 0.29) is 24.8 Å². The first-order chi connectivity index (χ1) is 14.0. The molecule has 0 saturated carbocycles. The van der Waals surface area contributed by atoms with Crippen LogP contribution in [0.4, 0.5) is 0 Å². The normalized spacial score (nSPS) is 16.7. The third-order valence-electron chi connectivity index (χ3n) is 4.82. The predicted octanol–water partition coefficient (Wildman–Crippen LogP) is 1.51. The van der Waals surface area contributed by atoms with Crippen molar-refractivity contribution in [3.63, 3.8) is 0 Å². The van der Waals surface area contributed by atoms with E-state index in [9.17, 15) is 14.7 Å². The van der Waals surface area contributed by atoms with Crippen LogP contribution in [0.3, 0.4) is 0 Å². The molecule has 1 amide bonds. The van der Waals surface area contributed by atoms with Crippen LogP contribution in [0, 0.1) is 6.92 Å². The Bertz CT molecular complexity index is 1080. The van der Waals surface area contributed by atoms with Crippen molar-refractivity contribution in [1.29, 1.82) is 0 Å². The summed E-state index contributed by atoms with van der Waals surface area (Å²) in [5, 5.41) is 13.6. The maximum absolute atomic E-state index is 13.0. The number of pyridine rings is 1. The molecule has 3 aromatic rings. The molecule has 0 radical (unpaired) electrons. The Morgan fingerprint density at radius 3 is 2.83 bits per heavy atom. The van der Waals surface area contributed by atoms with Gasteiger partial charge in [0.05, 0.1) is 13.2 Å². The fourth-order valence-electron chi connectivity index (χ4n) is 3.32. The van der Waals surface area contributed by atoms with Gasteiger partial charge in [-0.05, 0) is 25.1 Å². The highest BCUT2D eigenvalue weighted by Crippen LogP contribution is 2.25. The average Bonchev–Trinajstić information content (AvgIpc) is 3.21. The van der Waals surface area contributed by atoms with Crippen LogP contribution in [0.2, 0.25) is 0 Å². The molecule has 3 heterocycles. The minimum atomic E-state index is -0.509. The van der Waals surface area contributed by atoms with E-state index in [1.807, 2.05) is 30.3 Å². The van der Waals surface area contributed by atoms with Gasteiger partial charge in [-0.25, -0.2) is 0 Å². The first-order valence-electron chi connectivity index (χ1n) is 9.19. The van der Waals surface area contributed by atoms with Gasteiger partial charge in [-0.2, -0.15) is 4.98 Å². The fraction of sp³-hybridized carbons (Fsp3) is 0.300. The van der Waals surface area contributed by atoms with E-state index < -0.39 is 11.6 Å². The number of carbonyl (C=O) groups excluding carboxylic acids is 1. The molecular formula is C20H20N4O5. The van der Waals surface area contributed by atoms with E-state index in [1.165, 1.54) is 10.6 Å². The third-order valence-corrected chi connectivity index (χ3v) is 4.82. The smallest absolute Gasteiger partial charge is 0.257 e. The molecule has 0 aliphatic carbocycles. The standard InChI is InChI=1S/C20H20N4O5/c1-13-9-15(25)10-17(26)24(13)11-18(27)23-7-8-28-12-16(23)19-21-20(29-22-19)14-5-3-2-4-6-14/h2-6,9-10,16,25H,7-8,11-12H2,1H3. The van der Waals surface area contributed by atoms with E-state index in [4.69, 9.17) is 9.26 Å². The van der Waals surface area contributed by atoms with Gasteiger partial charge in [0.25, 0.3) is 11.4 Å². The maximum atomic E-state index is 13.0. The molecule has 1 atom stereocenters. The number of aromatic nitrogens is 3. The van der Waals surface area contributed by atoms with Gasteiger partial charge in [0.15, 0.2) is 5.82 Å². The monoisotopic (exact) mass is 396 g/mol. The zero-order chi connectivity index (χ0) is 20.4. The lowest BCUT2D eigenvalue weighted by Crippen LogP contribution is -2.46. The lowest BCUT2D eigenvalue weighted by molar-refractivity contribution is -0.141. The van der Waals surface area contributed by atoms with Gasteiger partial charge in [-0.3, -0.25) is 9.59 Å². The second kappa shape index (κ2) is 7.88. The number of hydrogen-bond acceptors (Lipinski definition) is 7. The number of amides is 1. The van der Waals surface area contributed by atoms with E-state index in [0.29, 0.717) is 30.6 Å². The molecule has 1 aliphatic heterocycles. The van der Waals surface area contributed by atoms with Crippen molar-refractivity contribution >= 4 is 5.91 Å². The van der Waals surface area contributed by atoms with E-state index in [1.54, 1.807) is 11.8 Å². The van der Waals surface area contributed by atoms with Crippen LogP contribution in [0.5, 0.6) is 5.75 Å². The molecule has 4 rings (SSSR count). The SMILES string of the molecule is Cc1cc(O)cc(=O)n1CC(=O)N1CCOCC1c1noc(-c2ccccc2)n1. The third kappa shape index (κ3) is 3.90. The van der Waals surface area contributed by atoms with Gasteiger partial charge >= 0.3 is 0 Å². The Morgan fingerprint density at radius 1 is 1.28 bits per heavy atom. The van der Waals surface area contributed by atoms with E-state index in [0.717, 1.165) is 11.6 Å². The van der Waals surface area contributed by atoms with Crippen LogP contribution >= 0.6 is 0 Å². The van der Waals surface area contributed by atoms with Crippen molar-refractivity contribution in [3.05, 3.63) is 64.3 Å². The van der Waals surface area contributed by atoms with Crippen molar-refractivity contribution < 1.29 is 19.2 Å². The number of morpholine rings is 1. The first-order valence-corrected chi connectivity index (χ1v) is 9.19. The summed E-state index contributed by atoms with van der Waals surface area (Å²) in [6.45, 7) is 2.49. The highest BCUT2D eigenvalue weighted by Gasteiger charge is 2.32. The predicted molar refractivity (Wildman–Crippen MR) is 102 cm³/mol. The van der Waals surface area contributed by atoms with Gasteiger partial charge in [-0.1, -0.05) is 23.4 Å². The largest absolute Gasteiger partial charge is 0.508 e. The average molecular weight is 396 g/mol. The van der Waals surface area contributed by atoms with E-state index in [2.05, 4.69) is 10.1 Å². The molecular weight excluding hydrogens is 376 g/mol. The molecule has 150 valence electrons. The van der Waals surface area contributed by atoms with Gasteiger partial charge in [0.2, 0.25) is 5.91 Å². The van der Waals surface area contributed by atoms with Gasteiger partial charge in [0, 0.05) is 23.9 Å². The Kier molecular flexibility index (Phi) is 5.13. The summed E-state index contributed by atoms with van der Waals surface area (Å²) in [6.07, 6.45) is 0. The van der Waals surface area contributed by atoms with Crippen molar-refractivity contribution in [2.45, 2.75) is 19.5 Å². The molecule has 1 N–H and O–H groups in total. The Morgan fingerprint density at radius 2 is 2.07 bits per heavy atom. The summed E-state index contributed by atoms with van der Waals surface area (Å²) in [7, 11) is 0. The quantitative estimate of drug-likeness (QED) is 0.712. The number of hydrogen-bond donors (Lipinski definition) is 1. The summed E-state index contributed by atoms with van der Waals surface area (Å²) in [5.74, 6) is 0.330. The molecule has 2 aromatic heterocycles. The molecule has 1 saturated heterocycles. The topological polar surface area (TPSA) is 111 Å². The van der Waals surface area contributed by atoms with Gasteiger partial charge in [0.1, 0.15) is 18.3 Å². The Balaban J connectivity index is 1.57. The maximum Gasteiger partial charge on any atom is 0.257 e. The molecule has 9 nitrogen and oxygen atoms in total. The van der Waals surface area contributed by atoms with Crippen molar-refractivity contribution in [2.75, 3.05) is 19.8 Å². The second-order valence-electron chi connectivity index (χ2n) is 6.78. The van der Waals surface area contributed by atoms with Crippen molar-refractivity contribution in [2.24, 2.45) is 0 Å². The summed E-state index contributed by atoms with van der Waals surface area (Å²) in [4.78, 5) is 31.2. The Labute approximate surface area is 166 Å². The van der Waals surface area contributed by atoms with Crippen molar-refractivity contribution in [3.8, 4) is 17.2 Å². The number of nitrogens with zero attached hydrogens (tertiary/aromatic N) is 4. The lowest BCUT2D eigenvalue weighted by atomic mass is 10.2. The van der Waals surface area contributed by atoms with Crippen LogP contribution in [0.15, 0.2) is 51.8 Å². The van der Waals surface area contributed by atoms with Gasteiger partial charge in [-0.15, -0.1) is 0 Å². The molecule has 1 unspecified atom stereocenters.